The van der Waals surface area contributed by atoms with Crippen molar-refractivity contribution >= 4 is 35.1 Å². The highest BCUT2D eigenvalue weighted by Gasteiger charge is 2.27. The highest BCUT2D eigenvalue weighted by Crippen LogP contribution is 2.19. The Labute approximate surface area is 185 Å². The smallest absolute Gasteiger partial charge is 0.319 e. The molecule has 0 aliphatic carbocycles. The zero-order valence-corrected chi connectivity index (χ0v) is 18.1. The average molecular weight is 447 g/mol. The summed E-state index contributed by atoms with van der Waals surface area (Å²) < 4.78 is 14.0. The van der Waals surface area contributed by atoms with E-state index in [9.17, 15) is 18.8 Å². The molecule has 1 fully saturated rings. The minimum absolute atomic E-state index is 0.0155. The highest BCUT2D eigenvalue weighted by molar-refractivity contribution is 6.31. The molecule has 0 radical (unpaired) electrons. The molecule has 1 aliphatic rings. The Kier molecular flexibility index (Phi) is 7.12. The number of hydrogen-bond acceptors (Lipinski definition) is 3. The van der Waals surface area contributed by atoms with Crippen molar-refractivity contribution in [3.05, 3.63) is 64.4 Å². The number of benzene rings is 2. The number of urea groups is 1. The maximum absolute atomic E-state index is 14.0. The Bertz CT molecular complexity index is 973. The lowest BCUT2D eigenvalue weighted by atomic mass is 10.1. The van der Waals surface area contributed by atoms with Crippen LogP contribution in [0.5, 0.6) is 0 Å². The molecule has 0 atom stereocenters. The SMILES string of the molecule is CC(C)NC(=O)Nc1ccc(C(=O)N2CCN(C(=O)c3cc(Cl)ccc3F)CC2)cc1. The second-order valence-corrected chi connectivity index (χ2v) is 7.98. The molecule has 0 spiro atoms. The van der Waals surface area contributed by atoms with Crippen molar-refractivity contribution in [2.24, 2.45) is 0 Å². The third kappa shape index (κ3) is 5.73. The van der Waals surface area contributed by atoms with Gasteiger partial charge in [-0.3, -0.25) is 9.59 Å². The summed E-state index contributed by atoms with van der Waals surface area (Å²) in [5.41, 5.74) is 0.987. The lowest BCUT2D eigenvalue weighted by Crippen LogP contribution is -2.50. The number of rotatable bonds is 4. The minimum atomic E-state index is -0.622. The lowest BCUT2D eigenvalue weighted by molar-refractivity contribution is 0.0533. The van der Waals surface area contributed by atoms with Crippen LogP contribution in [-0.2, 0) is 0 Å². The standard InChI is InChI=1S/C22H24ClFN4O3/c1-14(2)25-22(31)26-17-6-3-15(4-7-17)20(29)27-9-11-28(12-10-27)21(30)18-13-16(23)5-8-19(18)24/h3-8,13-14H,9-12H2,1-2H3,(H2,25,26,31). The minimum Gasteiger partial charge on any atom is -0.336 e. The molecule has 0 bridgehead atoms. The Hall–Kier alpha value is -3.13. The fourth-order valence-corrected chi connectivity index (χ4v) is 3.42. The van der Waals surface area contributed by atoms with Crippen LogP contribution in [0, 0.1) is 5.82 Å². The number of carbonyl (C=O) groups excluding carboxylic acids is 3. The molecular weight excluding hydrogens is 423 g/mol. The first-order valence-electron chi connectivity index (χ1n) is 9.96. The van der Waals surface area contributed by atoms with Crippen molar-refractivity contribution in [3.63, 3.8) is 0 Å². The molecule has 2 aromatic rings. The van der Waals surface area contributed by atoms with E-state index >= 15 is 0 Å². The molecule has 1 saturated heterocycles. The summed E-state index contributed by atoms with van der Waals surface area (Å²) in [6.07, 6.45) is 0. The van der Waals surface area contributed by atoms with Crippen molar-refractivity contribution < 1.29 is 18.8 Å². The van der Waals surface area contributed by atoms with E-state index in [0.717, 1.165) is 0 Å². The van der Waals surface area contributed by atoms with Crippen molar-refractivity contribution in [1.29, 1.82) is 0 Å². The van der Waals surface area contributed by atoms with Crippen molar-refractivity contribution in [1.82, 2.24) is 15.1 Å². The summed E-state index contributed by atoms with van der Waals surface area (Å²) in [6, 6.07) is 10.2. The van der Waals surface area contributed by atoms with E-state index in [4.69, 9.17) is 11.6 Å². The third-order valence-corrected chi connectivity index (χ3v) is 5.06. The predicted molar refractivity (Wildman–Crippen MR) is 117 cm³/mol. The molecule has 9 heteroatoms. The summed E-state index contributed by atoms with van der Waals surface area (Å²) in [5.74, 6) is -1.23. The summed E-state index contributed by atoms with van der Waals surface area (Å²) in [5, 5.41) is 5.72. The molecule has 0 unspecified atom stereocenters. The number of nitrogens with zero attached hydrogens (tertiary/aromatic N) is 2. The molecule has 1 aliphatic heterocycles. The van der Waals surface area contributed by atoms with Gasteiger partial charge in [0.1, 0.15) is 5.82 Å². The van der Waals surface area contributed by atoms with Gasteiger partial charge in [0.2, 0.25) is 0 Å². The molecule has 0 aromatic heterocycles. The lowest BCUT2D eigenvalue weighted by Gasteiger charge is -2.35. The Balaban J connectivity index is 1.57. The maximum Gasteiger partial charge on any atom is 0.319 e. The Morgan fingerprint density at radius 2 is 1.52 bits per heavy atom. The molecule has 164 valence electrons. The second-order valence-electron chi connectivity index (χ2n) is 7.54. The van der Waals surface area contributed by atoms with E-state index in [-0.39, 0.29) is 28.6 Å². The van der Waals surface area contributed by atoms with E-state index in [2.05, 4.69) is 10.6 Å². The largest absolute Gasteiger partial charge is 0.336 e. The van der Waals surface area contributed by atoms with Gasteiger partial charge in [-0.05, 0) is 56.3 Å². The number of nitrogens with one attached hydrogen (secondary N) is 2. The van der Waals surface area contributed by atoms with Crippen molar-refractivity contribution in [2.75, 3.05) is 31.5 Å². The number of halogens is 2. The van der Waals surface area contributed by atoms with Crippen LogP contribution in [0.2, 0.25) is 5.02 Å². The molecule has 7 nitrogen and oxygen atoms in total. The first kappa shape index (κ1) is 22.6. The van der Waals surface area contributed by atoms with Gasteiger partial charge in [0.15, 0.2) is 0 Å². The van der Waals surface area contributed by atoms with Crippen LogP contribution in [-0.4, -0.2) is 59.9 Å². The predicted octanol–water partition coefficient (Wildman–Crippen LogP) is 3.61. The van der Waals surface area contributed by atoms with Crippen LogP contribution in [0.4, 0.5) is 14.9 Å². The molecule has 31 heavy (non-hydrogen) atoms. The van der Waals surface area contributed by atoms with Crippen LogP contribution in [0.1, 0.15) is 34.6 Å². The molecule has 4 amide bonds. The van der Waals surface area contributed by atoms with E-state index in [1.165, 1.54) is 23.1 Å². The van der Waals surface area contributed by atoms with Gasteiger partial charge in [-0.25, -0.2) is 9.18 Å². The van der Waals surface area contributed by atoms with E-state index in [1.54, 1.807) is 29.2 Å². The van der Waals surface area contributed by atoms with Crippen LogP contribution < -0.4 is 10.6 Å². The van der Waals surface area contributed by atoms with Gasteiger partial charge in [-0.15, -0.1) is 0 Å². The van der Waals surface area contributed by atoms with Gasteiger partial charge in [-0.2, -0.15) is 0 Å². The maximum atomic E-state index is 14.0. The van der Waals surface area contributed by atoms with E-state index < -0.39 is 11.7 Å². The monoisotopic (exact) mass is 446 g/mol. The molecule has 3 rings (SSSR count). The molecule has 1 heterocycles. The number of piperazine rings is 1. The number of amides is 4. The Morgan fingerprint density at radius 1 is 0.935 bits per heavy atom. The van der Waals surface area contributed by atoms with Gasteiger partial charge in [0.05, 0.1) is 5.56 Å². The normalized spacial score (nSPS) is 13.8. The fourth-order valence-electron chi connectivity index (χ4n) is 3.25. The summed E-state index contributed by atoms with van der Waals surface area (Å²) in [4.78, 5) is 40.3. The van der Waals surface area contributed by atoms with Crippen LogP contribution >= 0.6 is 11.6 Å². The summed E-state index contributed by atoms with van der Waals surface area (Å²) in [6.45, 7) is 4.99. The first-order valence-corrected chi connectivity index (χ1v) is 10.3. The van der Waals surface area contributed by atoms with Crippen molar-refractivity contribution in [2.45, 2.75) is 19.9 Å². The van der Waals surface area contributed by atoms with E-state index in [0.29, 0.717) is 37.4 Å². The van der Waals surface area contributed by atoms with Gasteiger partial charge < -0.3 is 20.4 Å². The van der Waals surface area contributed by atoms with E-state index in [1.807, 2.05) is 13.8 Å². The van der Waals surface area contributed by atoms with Gasteiger partial charge in [-0.1, -0.05) is 11.6 Å². The van der Waals surface area contributed by atoms with Crippen LogP contribution in [0.25, 0.3) is 0 Å². The molecule has 2 N–H and O–H groups in total. The molecule has 0 saturated carbocycles. The van der Waals surface area contributed by atoms with Crippen molar-refractivity contribution in [3.8, 4) is 0 Å². The first-order chi connectivity index (χ1) is 14.7. The number of hydrogen-bond donors (Lipinski definition) is 2. The van der Waals surface area contributed by atoms with Gasteiger partial charge >= 0.3 is 6.03 Å². The summed E-state index contributed by atoms with van der Waals surface area (Å²) >= 11 is 5.88. The topological polar surface area (TPSA) is 81.8 Å². The van der Waals surface area contributed by atoms with Crippen LogP contribution in [0.15, 0.2) is 42.5 Å². The quantitative estimate of drug-likeness (QED) is 0.752. The third-order valence-electron chi connectivity index (χ3n) is 4.82. The molecule has 2 aromatic carbocycles. The number of carbonyl (C=O) groups is 3. The number of anilines is 1. The zero-order valence-electron chi connectivity index (χ0n) is 17.3. The second kappa shape index (κ2) is 9.78. The Morgan fingerprint density at radius 3 is 2.10 bits per heavy atom. The fraction of sp³-hybridized carbons (Fsp3) is 0.318. The van der Waals surface area contributed by atoms with Gasteiger partial charge in [0.25, 0.3) is 11.8 Å². The summed E-state index contributed by atoms with van der Waals surface area (Å²) in [7, 11) is 0. The van der Waals surface area contributed by atoms with Crippen LogP contribution in [0.3, 0.4) is 0 Å². The highest BCUT2D eigenvalue weighted by atomic mass is 35.5. The molecular formula is C22H24ClFN4O3. The average Bonchev–Trinajstić information content (AvgIpc) is 2.74. The van der Waals surface area contributed by atoms with Gasteiger partial charge in [0, 0.05) is 48.5 Å². The zero-order chi connectivity index (χ0) is 22.5.